The number of anilines is 2. The highest BCUT2D eigenvalue weighted by Crippen LogP contribution is 2.25. The summed E-state index contributed by atoms with van der Waals surface area (Å²) < 4.78 is 2.80. The molecular formula is C18H14BrN5. The van der Waals surface area contributed by atoms with Crippen molar-refractivity contribution in [1.29, 1.82) is 0 Å². The predicted molar refractivity (Wildman–Crippen MR) is 98.8 cm³/mol. The lowest BCUT2D eigenvalue weighted by atomic mass is 10.2. The zero-order valence-corrected chi connectivity index (χ0v) is 14.5. The van der Waals surface area contributed by atoms with Crippen LogP contribution in [0.2, 0.25) is 0 Å². The van der Waals surface area contributed by atoms with E-state index in [4.69, 9.17) is 0 Å². The number of hydrogen-bond acceptors (Lipinski definition) is 4. The van der Waals surface area contributed by atoms with E-state index >= 15 is 0 Å². The van der Waals surface area contributed by atoms with Crippen LogP contribution in [0.3, 0.4) is 0 Å². The molecule has 0 spiro atoms. The highest BCUT2D eigenvalue weighted by Gasteiger charge is 2.11. The number of nitrogens with zero attached hydrogens (tertiary/aromatic N) is 4. The van der Waals surface area contributed by atoms with Crippen LogP contribution in [0.25, 0.3) is 16.7 Å². The highest BCUT2D eigenvalue weighted by molar-refractivity contribution is 9.10. The third kappa shape index (κ3) is 2.76. The first-order chi connectivity index (χ1) is 11.7. The summed E-state index contributed by atoms with van der Waals surface area (Å²) in [5.74, 6) is 0.741. The van der Waals surface area contributed by atoms with Crippen molar-refractivity contribution in [2.75, 3.05) is 5.32 Å². The van der Waals surface area contributed by atoms with Crippen LogP contribution in [0.15, 0.2) is 65.5 Å². The normalized spacial score (nSPS) is 10.9. The zero-order chi connectivity index (χ0) is 16.5. The van der Waals surface area contributed by atoms with Gasteiger partial charge in [0.1, 0.15) is 12.1 Å². The fourth-order valence-electron chi connectivity index (χ4n) is 2.51. The fraction of sp³-hybridized carbons (Fsp3) is 0.0556. The molecule has 0 bridgehead atoms. The van der Waals surface area contributed by atoms with Gasteiger partial charge in [0.15, 0.2) is 5.65 Å². The molecule has 0 aliphatic heterocycles. The number of aromatic nitrogens is 4. The number of fused-ring (bicyclic) bond motifs is 1. The zero-order valence-electron chi connectivity index (χ0n) is 12.9. The van der Waals surface area contributed by atoms with E-state index in [2.05, 4.69) is 55.4 Å². The molecule has 0 atom stereocenters. The van der Waals surface area contributed by atoms with Gasteiger partial charge in [-0.3, -0.25) is 0 Å². The lowest BCUT2D eigenvalue weighted by Crippen LogP contribution is -1.99. The van der Waals surface area contributed by atoms with Gasteiger partial charge in [-0.2, -0.15) is 5.10 Å². The van der Waals surface area contributed by atoms with Crippen LogP contribution in [-0.2, 0) is 0 Å². The van der Waals surface area contributed by atoms with Crippen molar-refractivity contribution in [2.45, 2.75) is 6.92 Å². The topological polar surface area (TPSA) is 55.6 Å². The van der Waals surface area contributed by atoms with Crippen molar-refractivity contribution in [3.63, 3.8) is 0 Å². The highest BCUT2D eigenvalue weighted by atomic mass is 79.9. The molecule has 5 nitrogen and oxygen atoms in total. The Morgan fingerprint density at radius 3 is 2.67 bits per heavy atom. The summed E-state index contributed by atoms with van der Waals surface area (Å²) in [6, 6.07) is 16.1. The second-order valence-electron chi connectivity index (χ2n) is 5.49. The van der Waals surface area contributed by atoms with Crippen molar-refractivity contribution in [1.82, 2.24) is 19.7 Å². The molecule has 24 heavy (non-hydrogen) atoms. The van der Waals surface area contributed by atoms with Crippen LogP contribution in [0.4, 0.5) is 11.5 Å². The van der Waals surface area contributed by atoms with E-state index in [1.54, 1.807) is 12.5 Å². The Hall–Kier alpha value is -2.73. The molecule has 0 saturated heterocycles. The molecular weight excluding hydrogens is 366 g/mol. The van der Waals surface area contributed by atoms with Crippen molar-refractivity contribution in [3.05, 3.63) is 71.1 Å². The Kier molecular flexibility index (Phi) is 3.74. The number of halogens is 1. The third-order valence-corrected chi connectivity index (χ3v) is 4.23. The maximum atomic E-state index is 4.48. The number of benzene rings is 2. The van der Waals surface area contributed by atoms with Crippen LogP contribution < -0.4 is 5.32 Å². The van der Waals surface area contributed by atoms with E-state index in [0.717, 1.165) is 32.7 Å². The monoisotopic (exact) mass is 379 g/mol. The van der Waals surface area contributed by atoms with Gasteiger partial charge in [-0.05, 0) is 37.3 Å². The molecule has 0 amide bonds. The summed E-state index contributed by atoms with van der Waals surface area (Å²) in [4.78, 5) is 8.76. The maximum absolute atomic E-state index is 4.48. The quantitative estimate of drug-likeness (QED) is 0.563. The van der Waals surface area contributed by atoms with Crippen LogP contribution >= 0.6 is 15.9 Å². The van der Waals surface area contributed by atoms with E-state index in [9.17, 15) is 0 Å². The van der Waals surface area contributed by atoms with Crippen molar-refractivity contribution in [2.24, 2.45) is 0 Å². The van der Waals surface area contributed by atoms with Gasteiger partial charge >= 0.3 is 0 Å². The molecule has 4 aromatic rings. The van der Waals surface area contributed by atoms with Gasteiger partial charge in [0.25, 0.3) is 0 Å². The van der Waals surface area contributed by atoms with Gasteiger partial charge in [-0.15, -0.1) is 0 Å². The largest absolute Gasteiger partial charge is 0.340 e. The number of rotatable bonds is 3. The molecule has 0 aliphatic rings. The van der Waals surface area contributed by atoms with Crippen LogP contribution in [0, 0.1) is 6.92 Å². The predicted octanol–water partition coefficient (Wildman–Crippen LogP) is 4.63. The summed E-state index contributed by atoms with van der Waals surface area (Å²) in [6.45, 7) is 2.06. The van der Waals surface area contributed by atoms with E-state index in [-0.39, 0.29) is 0 Å². The summed E-state index contributed by atoms with van der Waals surface area (Å²) in [5.41, 5.74) is 3.91. The van der Waals surface area contributed by atoms with Crippen LogP contribution in [0.1, 0.15) is 5.56 Å². The van der Waals surface area contributed by atoms with Gasteiger partial charge < -0.3 is 5.32 Å². The molecule has 0 fully saturated rings. The minimum absolute atomic E-state index is 0.741. The third-order valence-electron chi connectivity index (χ3n) is 3.73. The molecule has 2 aromatic carbocycles. The summed E-state index contributed by atoms with van der Waals surface area (Å²) >= 11 is 3.49. The first kappa shape index (κ1) is 14.8. The number of nitrogens with one attached hydrogen (secondary N) is 1. The van der Waals surface area contributed by atoms with E-state index in [1.807, 2.05) is 41.1 Å². The Labute approximate surface area is 147 Å². The van der Waals surface area contributed by atoms with Crippen LogP contribution in [-0.4, -0.2) is 19.7 Å². The number of hydrogen-bond donors (Lipinski definition) is 1. The molecule has 118 valence electrons. The Bertz CT molecular complexity index is 1010. The van der Waals surface area contributed by atoms with Crippen molar-refractivity contribution in [3.8, 4) is 5.69 Å². The van der Waals surface area contributed by atoms with Gasteiger partial charge in [0, 0.05) is 10.2 Å². The van der Waals surface area contributed by atoms with E-state index in [0.29, 0.717) is 0 Å². The van der Waals surface area contributed by atoms with Gasteiger partial charge in [-0.1, -0.05) is 39.7 Å². The first-order valence-corrected chi connectivity index (χ1v) is 8.28. The second-order valence-corrected chi connectivity index (χ2v) is 6.40. The maximum Gasteiger partial charge on any atom is 0.168 e. The Morgan fingerprint density at radius 1 is 1.04 bits per heavy atom. The molecule has 1 N–H and O–H groups in total. The lowest BCUT2D eigenvalue weighted by molar-refractivity contribution is 0.894. The molecule has 2 aromatic heterocycles. The average molecular weight is 380 g/mol. The Morgan fingerprint density at radius 2 is 1.88 bits per heavy atom. The fourth-order valence-corrected chi connectivity index (χ4v) is 2.90. The lowest BCUT2D eigenvalue weighted by Gasteiger charge is -2.07. The van der Waals surface area contributed by atoms with Gasteiger partial charge in [-0.25, -0.2) is 14.6 Å². The standard InChI is InChI=1S/C18H14BrN5/c1-12-5-7-14(8-6-12)23-17-16-10-22-24(18(16)21-11-20-17)15-4-2-3-13(19)9-15/h2-11H,1H3,(H,20,21,23). The Balaban J connectivity index is 1.77. The van der Waals surface area contributed by atoms with E-state index < -0.39 is 0 Å². The molecule has 4 rings (SSSR count). The smallest absolute Gasteiger partial charge is 0.168 e. The minimum Gasteiger partial charge on any atom is -0.340 e. The SMILES string of the molecule is Cc1ccc(Nc2ncnc3c2cnn3-c2cccc(Br)c2)cc1. The van der Waals surface area contributed by atoms with Crippen LogP contribution in [0.5, 0.6) is 0 Å². The summed E-state index contributed by atoms with van der Waals surface area (Å²) in [7, 11) is 0. The van der Waals surface area contributed by atoms with E-state index in [1.165, 1.54) is 5.56 Å². The van der Waals surface area contributed by atoms with Gasteiger partial charge in [0.2, 0.25) is 0 Å². The average Bonchev–Trinajstić information content (AvgIpc) is 3.02. The molecule has 0 radical (unpaired) electrons. The summed E-state index contributed by atoms with van der Waals surface area (Å²) in [5, 5.41) is 8.69. The van der Waals surface area contributed by atoms with Gasteiger partial charge in [0.05, 0.1) is 17.3 Å². The number of aryl methyl sites for hydroxylation is 1. The van der Waals surface area contributed by atoms with Crippen molar-refractivity contribution < 1.29 is 0 Å². The molecule has 6 heteroatoms. The molecule has 0 aliphatic carbocycles. The molecule has 0 unspecified atom stereocenters. The first-order valence-electron chi connectivity index (χ1n) is 7.49. The minimum atomic E-state index is 0.741. The van der Waals surface area contributed by atoms with Crippen molar-refractivity contribution >= 4 is 38.5 Å². The molecule has 0 saturated carbocycles. The molecule has 2 heterocycles. The second kappa shape index (κ2) is 6.05. The summed E-state index contributed by atoms with van der Waals surface area (Å²) in [6.07, 6.45) is 3.34.